The second-order valence-electron chi connectivity index (χ2n) is 4.39. The third-order valence-electron chi connectivity index (χ3n) is 3.24. The number of allylic oxidation sites excluding steroid dienone is 2. The maximum Gasteiger partial charge on any atom is 0.0406 e. The molecule has 0 saturated heterocycles. The Morgan fingerprint density at radius 1 is 0.941 bits per heavy atom. The van der Waals surface area contributed by atoms with E-state index in [1.807, 2.05) is 12.1 Å². The van der Waals surface area contributed by atoms with E-state index in [0.717, 1.165) is 17.9 Å². The first-order valence-corrected chi connectivity index (χ1v) is 6.22. The van der Waals surface area contributed by atoms with E-state index in [4.69, 9.17) is 11.6 Å². The fourth-order valence-corrected chi connectivity index (χ4v) is 2.47. The van der Waals surface area contributed by atoms with E-state index >= 15 is 0 Å². The van der Waals surface area contributed by atoms with Crippen LogP contribution in [-0.2, 0) is 12.8 Å². The predicted octanol–water partition coefficient (Wildman–Crippen LogP) is 4.52. The van der Waals surface area contributed by atoms with E-state index in [0.29, 0.717) is 0 Å². The molecule has 3 rings (SSSR count). The Labute approximate surface area is 107 Å². The maximum atomic E-state index is 5.89. The van der Waals surface area contributed by atoms with Gasteiger partial charge >= 0.3 is 0 Å². The van der Waals surface area contributed by atoms with E-state index in [1.54, 1.807) is 0 Å². The summed E-state index contributed by atoms with van der Waals surface area (Å²) in [6, 6.07) is 16.8. The zero-order valence-corrected chi connectivity index (χ0v) is 10.2. The number of fused-ring (bicyclic) bond motifs is 1. The maximum absolute atomic E-state index is 5.89. The van der Waals surface area contributed by atoms with Crippen molar-refractivity contribution >= 4 is 17.2 Å². The highest BCUT2D eigenvalue weighted by molar-refractivity contribution is 6.30. The molecule has 84 valence electrons. The fourth-order valence-electron chi connectivity index (χ4n) is 2.34. The van der Waals surface area contributed by atoms with Crippen molar-refractivity contribution in [3.63, 3.8) is 0 Å². The van der Waals surface area contributed by atoms with E-state index < -0.39 is 0 Å². The summed E-state index contributed by atoms with van der Waals surface area (Å²) >= 11 is 5.89. The molecule has 1 heteroatoms. The topological polar surface area (TPSA) is 0 Å². The van der Waals surface area contributed by atoms with Crippen molar-refractivity contribution < 1.29 is 0 Å². The fraction of sp³-hybridized carbons (Fsp3) is 0.125. The standard InChI is InChI=1S/C16H13Cl/c17-15-9-5-12(6-10-15)11-14-8-7-13-3-1-2-4-16(13)14/h1-6,8-10H,7,11H2. The largest absolute Gasteiger partial charge is 0.0843 e. The van der Waals surface area contributed by atoms with Gasteiger partial charge in [-0.3, -0.25) is 0 Å². The first kappa shape index (κ1) is 10.6. The Hall–Kier alpha value is -1.53. The normalized spacial score (nSPS) is 13.4. The summed E-state index contributed by atoms with van der Waals surface area (Å²) in [4.78, 5) is 0. The third kappa shape index (κ3) is 2.13. The summed E-state index contributed by atoms with van der Waals surface area (Å²) in [5, 5.41) is 0.801. The number of hydrogen-bond acceptors (Lipinski definition) is 0. The van der Waals surface area contributed by atoms with Crippen molar-refractivity contribution in [2.24, 2.45) is 0 Å². The van der Waals surface area contributed by atoms with Crippen LogP contribution in [0.25, 0.3) is 5.57 Å². The zero-order chi connectivity index (χ0) is 11.7. The van der Waals surface area contributed by atoms with Crippen molar-refractivity contribution in [1.29, 1.82) is 0 Å². The van der Waals surface area contributed by atoms with Crippen LogP contribution in [0.2, 0.25) is 5.02 Å². The number of halogens is 1. The van der Waals surface area contributed by atoms with Gasteiger partial charge in [-0.1, -0.05) is 54.1 Å². The minimum absolute atomic E-state index is 0.801. The van der Waals surface area contributed by atoms with Gasteiger partial charge in [-0.05, 0) is 47.2 Å². The molecule has 1 aliphatic rings. The average Bonchev–Trinajstić information content (AvgIpc) is 2.76. The summed E-state index contributed by atoms with van der Waals surface area (Å²) < 4.78 is 0. The first-order chi connectivity index (χ1) is 8.33. The summed E-state index contributed by atoms with van der Waals surface area (Å²) in [6.07, 6.45) is 4.40. The molecule has 0 atom stereocenters. The van der Waals surface area contributed by atoms with Gasteiger partial charge in [0.15, 0.2) is 0 Å². The molecule has 0 amide bonds. The average molecular weight is 241 g/mol. The SMILES string of the molecule is Clc1ccc(CC2=CCc3ccccc32)cc1. The van der Waals surface area contributed by atoms with E-state index in [-0.39, 0.29) is 0 Å². The van der Waals surface area contributed by atoms with Crippen LogP contribution in [0.3, 0.4) is 0 Å². The molecule has 0 fully saturated rings. The molecule has 0 aliphatic heterocycles. The van der Waals surface area contributed by atoms with Crippen molar-refractivity contribution in [1.82, 2.24) is 0 Å². The van der Waals surface area contributed by atoms with Crippen LogP contribution in [-0.4, -0.2) is 0 Å². The molecule has 1 aliphatic carbocycles. The number of rotatable bonds is 2. The van der Waals surface area contributed by atoms with E-state index in [9.17, 15) is 0 Å². The third-order valence-corrected chi connectivity index (χ3v) is 3.49. The highest BCUT2D eigenvalue weighted by Crippen LogP contribution is 2.29. The second kappa shape index (κ2) is 4.38. The number of benzene rings is 2. The first-order valence-electron chi connectivity index (χ1n) is 5.85. The Morgan fingerprint density at radius 3 is 2.53 bits per heavy atom. The predicted molar refractivity (Wildman–Crippen MR) is 73.3 cm³/mol. The van der Waals surface area contributed by atoms with Crippen LogP contribution in [0.5, 0.6) is 0 Å². The van der Waals surface area contributed by atoms with Gasteiger partial charge in [0.05, 0.1) is 0 Å². The Balaban J connectivity index is 1.86. The highest BCUT2D eigenvalue weighted by Gasteiger charge is 2.12. The van der Waals surface area contributed by atoms with E-state index in [2.05, 4.69) is 42.5 Å². The van der Waals surface area contributed by atoms with Gasteiger partial charge in [0.1, 0.15) is 0 Å². The lowest BCUT2D eigenvalue weighted by atomic mass is 9.99. The van der Waals surface area contributed by atoms with Gasteiger partial charge in [-0.15, -0.1) is 0 Å². The molecular formula is C16H13Cl. The Morgan fingerprint density at radius 2 is 1.71 bits per heavy atom. The molecule has 17 heavy (non-hydrogen) atoms. The molecule has 0 nitrogen and oxygen atoms in total. The molecule has 0 aromatic heterocycles. The van der Waals surface area contributed by atoms with Gasteiger partial charge in [-0.25, -0.2) is 0 Å². The van der Waals surface area contributed by atoms with Crippen molar-refractivity contribution in [3.05, 3.63) is 76.3 Å². The molecule has 0 N–H and O–H groups in total. The molecule has 0 saturated carbocycles. The lowest BCUT2D eigenvalue weighted by Crippen LogP contribution is -1.89. The van der Waals surface area contributed by atoms with Crippen molar-refractivity contribution in [2.45, 2.75) is 12.8 Å². The van der Waals surface area contributed by atoms with E-state index in [1.165, 1.54) is 22.3 Å². The smallest absolute Gasteiger partial charge is 0.0406 e. The summed E-state index contributed by atoms with van der Waals surface area (Å²) in [6.45, 7) is 0. The number of hydrogen-bond donors (Lipinski definition) is 0. The van der Waals surface area contributed by atoms with Crippen LogP contribution in [0.1, 0.15) is 16.7 Å². The molecule has 0 radical (unpaired) electrons. The monoisotopic (exact) mass is 240 g/mol. The molecule has 0 unspecified atom stereocenters. The Bertz CT molecular complexity index is 564. The summed E-state index contributed by atoms with van der Waals surface area (Å²) in [7, 11) is 0. The molecule has 0 bridgehead atoms. The molecule has 2 aromatic rings. The Kier molecular flexibility index (Phi) is 2.74. The molecule has 2 aromatic carbocycles. The van der Waals surface area contributed by atoms with Gasteiger partial charge in [0.2, 0.25) is 0 Å². The van der Waals surface area contributed by atoms with Gasteiger partial charge < -0.3 is 0 Å². The van der Waals surface area contributed by atoms with Crippen LogP contribution in [0.4, 0.5) is 0 Å². The van der Waals surface area contributed by atoms with Crippen LogP contribution in [0, 0.1) is 0 Å². The summed E-state index contributed by atoms with van der Waals surface area (Å²) in [5.41, 5.74) is 5.60. The van der Waals surface area contributed by atoms with Gasteiger partial charge in [-0.2, -0.15) is 0 Å². The van der Waals surface area contributed by atoms with Crippen LogP contribution in [0.15, 0.2) is 54.6 Å². The second-order valence-corrected chi connectivity index (χ2v) is 4.83. The van der Waals surface area contributed by atoms with Crippen LogP contribution < -0.4 is 0 Å². The van der Waals surface area contributed by atoms with Crippen LogP contribution >= 0.6 is 11.6 Å². The zero-order valence-electron chi connectivity index (χ0n) is 9.49. The minimum atomic E-state index is 0.801. The molecule has 0 spiro atoms. The minimum Gasteiger partial charge on any atom is -0.0843 e. The van der Waals surface area contributed by atoms with Crippen molar-refractivity contribution in [3.8, 4) is 0 Å². The lowest BCUT2D eigenvalue weighted by Gasteiger charge is -2.06. The molecular weight excluding hydrogens is 228 g/mol. The molecule has 0 heterocycles. The highest BCUT2D eigenvalue weighted by atomic mass is 35.5. The summed E-state index contributed by atoms with van der Waals surface area (Å²) in [5.74, 6) is 0. The van der Waals surface area contributed by atoms with Gasteiger partial charge in [0, 0.05) is 5.02 Å². The van der Waals surface area contributed by atoms with Gasteiger partial charge in [0.25, 0.3) is 0 Å². The lowest BCUT2D eigenvalue weighted by molar-refractivity contribution is 1.29. The van der Waals surface area contributed by atoms with Crippen molar-refractivity contribution in [2.75, 3.05) is 0 Å². The quantitative estimate of drug-likeness (QED) is 0.724.